The summed E-state index contributed by atoms with van der Waals surface area (Å²) >= 11 is 4.92. The van der Waals surface area contributed by atoms with Crippen LogP contribution in [-0.2, 0) is 4.79 Å². The molecule has 11 heavy (non-hydrogen) atoms. The van der Waals surface area contributed by atoms with Gasteiger partial charge in [0.25, 0.3) is 0 Å². The minimum atomic E-state index is -1.86. The second kappa shape index (κ2) is 4.63. The van der Waals surface area contributed by atoms with Gasteiger partial charge in [-0.2, -0.15) is 0 Å². The third kappa shape index (κ3) is 3.13. The third-order valence-electron chi connectivity index (χ3n) is 1.05. The number of carbonyl (C=O) groups is 1. The van der Waals surface area contributed by atoms with Crippen molar-refractivity contribution in [1.29, 1.82) is 0 Å². The van der Waals surface area contributed by atoms with Crippen molar-refractivity contribution in [3.63, 3.8) is 0 Å². The Hall–Kier alpha value is -0.200. The molecule has 5 nitrogen and oxygen atoms in total. The first-order chi connectivity index (χ1) is 5.00. The lowest BCUT2D eigenvalue weighted by Gasteiger charge is -2.13. The fourth-order valence-electron chi connectivity index (χ4n) is 0.423. The minimum absolute atomic E-state index is 0.806. The number of Topliss-reactive ketones (excluding diaryl/α,β-unsaturated/α-hetero) is 1. The molecular formula is C5H9ClO5. The van der Waals surface area contributed by atoms with E-state index in [0.29, 0.717) is 0 Å². The van der Waals surface area contributed by atoms with Gasteiger partial charge in [0.05, 0.1) is 6.61 Å². The van der Waals surface area contributed by atoms with Crippen LogP contribution >= 0.6 is 11.6 Å². The Balaban J connectivity index is 4.02. The highest BCUT2D eigenvalue weighted by Gasteiger charge is 2.27. The average molecular weight is 185 g/mol. The Morgan fingerprint density at radius 3 is 2.09 bits per heavy atom. The zero-order valence-corrected chi connectivity index (χ0v) is 6.27. The summed E-state index contributed by atoms with van der Waals surface area (Å²) in [7, 11) is 0. The van der Waals surface area contributed by atoms with Gasteiger partial charge in [0.1, 0.15) is 6.10 Å². The molecule has 0 aromatic carbocycles. The molecule has 0 aromatic rings. The number of ketones is 1. The number of halogens is 1. The van der Waals surface area contributed by atoms with Gasteiger partial charge in [0.15, 0.2) is 17.5 Å². The molecule has 0 aliphatic carbocycles. The van der Waals surface area contributed by atoms with Crippen molar-refractivity contribution < 1.29 is 25.2 Å². The van der Waals surface area contributed by atoms with Crippen LogP contribution in [-0.4, -0.2) is 50.6 Å². The Kier molecular flexibility index (Phi) is 4.55. The molecule has 0 bridgehead atoms. The molecular weight excluding hydrogens is 176 g/mol. The van der Waals surface area contributed by atoms with E-state index in [1.54, 1.807) is 0 Å². The van der Waals surface area contributed by atoms with Gasteiger partial charge in [0, 0.05) is 0 Å². The summed E-state index contributed by atoms with van der Waals surface area (Å²) in [6, 6.07) is 0. The Morgan fingerprint density at radius 2 is 1.82 bits per heavy atom. The van der Waals surface area contributed by atoms with Crippen LogP contribution in [0.25, 0.3) is 0 Å². The van der Waals surface area contributed by atoms with Gasteiger partial charge in [-0.1, -0.05) is 11.6 Å². The van der Waals surface area contributed by atoms with Crippen LogP contribution in [0.15, 0.2) is 0 Å². The lowest BCUT2D eigenvalue weighted by molar-refractivity contribution is -0.140. The van der Waals surface area contributed by atoms with Crippen molar-refractivity contribution in [2.24, 2.45) is 0 Å². The lowest BCUT2D eigenvalue weighted by Crippen LogP contribution is -2.39. The van der Waals surface area contributed by atoms with Gasteiger partial charge < -0.3 is 20.4 Å². The van der Waals surface area contributed by atoms with E-state index in [9.17, 15) is 4.79 Å². The number of carbonyl (C=O) groups excluding carboxylic acids is 1. The van der Waals surface area contributed by atoms with Crippen LogP contribution in [0.2, 0.25) is 0 Å². The van der Waals surface area contributed by atoms with E-state index in [2.05, 4.69) is 0 Å². The molecule has 0 fully saturated rings. The zero-order chi connectivity index (χ0) is 9.02. The molecule has 0 aliphatic heterocycles. The van der Waals surface area contributed by atoms with Crippen LogP contribution in [0.3, 0.4) is 0 Å². The van der Waals surface area contributed by atoms with Crippen molar-refractivity contribution in [2.75, 3.05) is 6.61 Å². The topological polar surface area (TPSA) is 98.0 Å². The van der Waals surface area contributed by atoms with E-state index >= 15 is 0 Å². The molecule has 0 amide bonds. The number of rotatable bonds is 4. The number of hydrogen-bond donors (Lipinski definition) is 4. The highest BCUT2D eigenvalue weighted by molar-refractivity contribution is 6.21. The molecule has 66 valence electrons. The van der Waals surface area contributed by atoms with Gasteiger partial charge >= 0.3 is 0 Å². The largest absolute Gasteiger partial charge is 0.393 e. The third-order valence-corrected chi connectivity index (χ3v) is 1.29. The van der Waals surface area contributed by atoms with E-state index in [4.69, 9.17) is 32.0 Å². The van der Waals surface area contributed by atoms with Gasteiger partial charge in [-0.3, -0.25) is 4.79 Å². The summed E-state index contributed by atoms with van der Waals surface area (Å²) in [5, 5.41) is 34.0. The summed E-state index contributed by atoms with van der Waals surface area (Å²) in [5.74, 6) is -1.10. The van der Waals surface area contributed by atoms with Gasteiger partial charge in [-0.25, -0.2) is 0 Å². The first-order valence-electron chi connectivity index (χ1n) is 2.83. The highest BCUT2D eigenvalue weighted by atomic mass is 35.5. The predicted molar refractivity (Wildman–Crippen MR) is 36.0 cm³/mol. The molecule has 0 saturated heterocycles. The highest BCUT2D eigenvalue weighted by Crippen LogP contribution is 2.02. The molecule has 0 rings (SSSR count). The maximum absolute atomic E-state index is 10.6. The van der Waals surface area contributed by atoms with Crippen molar-refractivity contribution >= 4 is 17.4 Å². The van der Waals surface area contributed by atoms with E-state index in [1.165, 1.54) is 0 Å². The van der Waals surface area contributed by atoms with Crippen molar-refractivity contribution in [1.82, 2.24) is 0 Å². The Labute approximate surface area is 67.8 Å². The van der Waals surface area contributed by atoms with Crippen molar-refractivity contribution in [3.05, 3.63) is 0 Å². The molecule has 0 radical (unpaired) electrons. The van der Waals surface area contributed by atoms with E-state index in [0.717, 1.165) is 0 Å². The van der Waals surface area contributed by atoms with Crippen LogP contribution in [0.5, 0.6) is 0 Å². The normalized spacial score (nSPS) is 19.0. The fraction of sp³-hybridized carbons (Fsp3) is 0.800. The maximum atomic E-state index is 10.6. The average Bonchev–Trinajstić information content (AvgIpc) is 2.00. The monoisotopic (exact) mass is 184 g/mol. The molecule has 1 unspecified atom stereocenters. The van der Waals surface area contributed by atoms with Crippen molar-refractivity contribution in [2.45, 2.75) is 17.8 Å². The summed E-state index contributed by atoms with van der Waals surface area (Å²) in [6.07, 6.45) is -3.56. The predicted octanol–water partition coefficient (Wildman–Crippen LogP) is -2.17. The molecule has 3 atom stereocenters. The fourth-order valence-corrected chi connectivity index (χ4v) is 0.547. The van der Waals surface area contributed by atoms with Crippen molar-refractivity contribution in [3.8, 4) is 0 Å². The van der Waals surface area contributed by atoms with Gasteiger partial charge in [0.2, 0.25) is 0 Å². The van der Waals surface area contributed by atoms with Gasteiger partial charge in [-0.05, 0) is 0 Å². The summed E-state index contributed by atoms with van der Waals surface area (Å²) in [6.45, 7) is -0.806. The first-order valence-corrected chi connectivity index (χ1v) is 3.27. The first kappa shape index (κ1) is 10.8. The molecule has 0 heterocycles. The Bertz CT molecular complexity index is 137. The SMILES string of the molecule is O=C([C@@H](O)CO)[C@H](O)C(O)Cl. The lowest BCUT2D eigenvalue weighted by atomic mass is 10.1. The van der Waals surface area contributed by atoms with E-state index < -0.39 is 30.2 Å². The molecule has 0 spiro atoms. The van der Waals surface area contributed by atoms with E-state index in [-0.39, 0.29) is 0 Å². The molecule has 0 saturated carbocycles. The zero-order valence-electron chi connectivity index (χ0n) is 5.51. The number of aliphatic hydroxyl groups excluding tert-OH is 4. The summed E-state index contributed by atoms with van der Waals surface area (Å²) in [5.41, 5.74) is -1.76. The Morgan fingerprint density at radius 1 is 1.36 bits per heavy atom. The maximum Gasteiger partial charge on any atom is 0.195 e. The molecule has 0 aliphatic rings. The number of alkyl halides is 1. The summed E-state index contributed by atoms with van der Waals surface area (Å²) in [4.78, 5) is 10.6. The smallest absolute Gasteiger partial charge is 0.195 e. The molecule has 6 heteroatoms. The minimum Gasteiger partial charge on any atom is -0.393 e. The van der Waals surface area contributed by atoms with Crippen LogP contribution < -0.4 is 0 Å². The van der Waals surface area contributed by atoms with E-state index in [1.807, 2.05) is 0 Å². The standard InChI is InChI=1S/C5H9ClO5/c6-5(11)4(10)3(9)2(8)1-7/h2,4-5,7-8,10-11H,1H2/t2-,4-,5?/m0/s1. The molecule has 4 N–H and O–H groups in total. The second-order valence-corrected chi connectivity index (χ2v) is 2.37. The summed E-state index contributed by atoms with van der Waals surface area (Å²) < 4.78 is 0. The van der Waals surface area contributed by atoms with Gasteiger partial charge in [-0.15, -0.1) is 0 Å². The number of hydrogen-bond acceptors (Lipinski definition) is 5. The molecule has 0 aromatic heterocycles. The van der Waals surface area contributed by atoms with Crippen LogP contribution in [0.4, 0.5) is 0 Å². The quantitative estimate of drug-likeness (QED) is 0.373. The number of aliphatic hydroxyl groups is 4. The van der Waals surface area contributed by atoms with Crippen LogP contribution in [0.1, 0.15) is 0 Å². The second-order valence-electron chi connectivity index (χ2n) is 1.92. The van der Waals surface area contributed by atoms with Crippen LogP contribution in [0, 0.1) is 0 Å².